The molecule has 7 nitrogen and oxygen atoms in total. The fourth-order valence-electron chi connectivity index (χ4n) is 2.73. The molecule has 0 aliphatic carbocycles. The number of methoxy groups -OCH3 is 2. The van der Waals surface area contributed by atoms with Crippen molar-refractivity contribution >= 4 is 21.4 Å². The molecule has 0 atom stereocenters. The number of hydrogen-bond donors (Lipinski definition) is 1. The maximum absolute atomic E-state index is 12.9. The molecule has 1 N–H and O–H groups in total. The number of halogens is 1. The normalized spacial score (nSPS) is 11.3. The van der Waals surface area contributed by atoms with Crippen LogP contribution in [0.1, 0.15) is 5.69 Å². The molecule has 0 radical (unpaired) electrons. The summed E-state index contributed by atoms with van der Waals surface area (Å²) < 4.78 is 55.6. The fraction of sp³-hybridized carbons (Fsp3) is 0.286. The molecule has 0 aliphatic heterocycles. The zero-order valence-electron chi connectivity index (χ0n) is 17.1. The third kappa shape index (κ3) is 6.65. The van der Waals surface area contributed by atoms with Crippen LogP contribution in [0.4, 0.5) is 4.39 Å². The Labute approximate surface area is 184 Å². The Morgan fingerprint density at radius 1 is 1.06 bits per heavy atom. The molecule has 2 aromatic carbocycles. The number of nitrogens with zero attached hydrogens (tertiary/aromatic N) is 1. The van der Waals surface area contributed by atoms with Crippen LogP contribution in [-0.4, -0.2) is 46.5 Å². The Balaban J connectivity index is 1.48. The topological polar surface area (TPSA) is 86.8 Å². The Morgan fingerprint density at radius 2 is 1.81 bits per heavy atom. The van der Waals surface area contributed by atoms with Gasteiger partial charge in [-0.05, 0) is 42.5 Å². The molecular formula is C21H23FN2O5S2. The minimum absolute atomic E-state index is 0.0267. The summed E-state index contributed by atoms with van der Waals surface area (Å²) in [5.41, 5.74) is 1.69. The van der Waals surface area contributed by atoms with Gasteiger partial charge in [0, 0.05) is 23.9 Å². The lowest BCUT2D eigenvalue weighted by Gasteiger charge is -2.08. The van der Waals surface area contributed by atoms with Crippen LogP contribution in [-0.2, 0) is 16.4 Å². The number of ether oxygens (including phenoxy) is 3. The van der Waals surface area contributed by atoms with E-state index in [-0.39, 0.29) is 24.7 Å². The van der Waals surface area contributed by atoms with Gasteiger partial charge in [-0.25, -0.2) is 22.5 Å². The molecule has 0 saturated carbocycles. The summed E-state index contributed by atoms with van der Waals surface area (Å²) >= 11 is 1.47. The van der Waals surface area contributed by atoms with Crippen molar-refractivity contribution in [2.45, 2.75) is 6.42 Å². The first kappa shape index (κ1) is 23.0. The number of thiazole rings is 1. The Bertz CT molecular complexity index is 1100. The summed E-state index contributed by atoms with van der Waals surface area (Å²) in [7, 11) is -0.342. The van der Waals surface area contributed by atoms with Gasteiger partial charge in [-0.1, -0.05) is 0 Å². The second kappa shape index (κ2) is 10.6. The van der Waals surface area contributed by atoms with Crippen LogP contribution in [0.2, 0.25) is 0 Å². The standard InChI is InChI=1S/C21H23FN2O5S2/c1-27-19-8-3-15(13-20(19)28-2)21-24-17(14-30-21)9-10-23-31(25,26)12-11-29-18-6-4-16(22)5-7-18/h3-8,13-14,23H,9-12H2,1-2H3. The van der Waals surface area contributed by atoms with Crippen LogP contribution < -0.4 is 18.9 Å². The molecule has 0 spiro atoms. The summed E-state index contributed by atoms with van der Waals surface area (Å²) in [6, 6.07) is 11.0. The molecule has 0 aliphatic rings. The lowest BCUT2D eigenvalue weighted by atomic mass is 10.2. The minimum Gasteiger partial charge on any atom is -0.493 e. The van der Waals surface area contributed by atoms with Crippen LogP contribution in [0, 0.1) is 5.82 Å². The molecule has 1 aromatic heterocycles. The van der Waals surface area contributed by atoms with Crippen LogP contribution in [0.25, 0.3) is 10.6 Å². The molecule has 0 bridgehead atoms. The van der Waals surface area contributed by atoms with Crippen molar-refractivity contribution in [3.8, 4) is 27.8 Å². The SMILES string of the molecule is COc1ccc(-c2nc(CCNS(=O)(=O)CCOc3ccc(F)cc3)cs2)cc1OC. The van der Waals surface area contributed by atoms with Crippen molar-refractivity contribution in [3.63, 3.8) is 0 Å². The highest BCUT2D eigenvalue weighted by Crippen LogP contribution is 2.33. The molecule has 10 heteroatoms. The van der Waals surface area contributed by atoms with Crippen LogP contribution in [0.15, 0.2) is 47.8 Å². The second-order valence-electron chi connectivity index (χ2n) is 6.48. The van der Waals surface area contributed by atoms with E-state index in [1.807, 2.05) is 23.6 Å². The molecule has 0 unspecified atom stereocenters. The highest BCUT2D eigenvalue weighted by Gasteiger charge is 2.12. The average molecular weight is 467 g/mol. The minimum atomic E-state index is -3.50. The van der Waals surface area contributed by atoms with Crippen LogP contribution >= 0.6 is 11.3 Å². The Morgan fingerprint density at radius 3 is 2.52 bits per heavy atom. The molecule has 0 fully saturated rings. The van der Waals surface area contributed by atoms with Gasteiger partial charge in [0.25, 0.3) is 0 Å². The third-order valence-corrected chi connectivity index (χ3v) is 6.61. The van der Waals surface area contributed by atoms with E-state index in [4.69, 9.17) is 14.2 Å². The number of nitrogens with one attached hydrogen (secondary N) is 1. The second-order valence-corrected chi connectivity index (χ2v) is 9.26. The van der Waals surface area contributed by atoms with E-state index in [0.717, 1.165) is 16.3 Å². The predicted molar refractivity (Wildman–Crippen MR) is 118 cm³/mol. The maximum atomic E-state index is 12.9. The van der Waals surface area contributed by atoms with Gasteiger partial charge in [0.2, 0.25) is 10.0 Å². The summed E-state index contributed by atoms with van der Waals surface area (Å²) in [5, 5.41) is 2.71. The summed E-state index contributed by atoms with van der Waals surface area (Å²) in [6.45, 7) is 0.203. The summed E-state index contributed by atoms with van der Waals surface area (Å²) in [4.78, 5) is 4.57. The molecule has 0 amide bonds. The van der Waals surface area contributed by atoms with Crippen molar-refractivity contribution in [2.24, 2.45) is 0 Å². The molecule has 31 heavy (non-hydrogen) atoms. The monoisotopic (exact) mass is 466 g/mol. The average Bonchev–Trinajstić information content (AvgIpc) is 3.23. The van der Waals surface area contributed by atoms with Crippen molar-refractivity contribution in [1.82, 2.24) is 9.71 Å². The van der Waals surface area contributed by atoms with Crippen molar-refractivity contribution in [3.05, 3.63) is 59.4 Å². The van der Waals surface area contributed by atoms with Gasteiger partial charge in [0.15, 0.2) is 11.5 Å². The van der Waals surface area contributed by atoms with Crippen molar-refractivity contribution < 1.29 is 27.0 Å². The quantitative estimate of drug-likeness (QED) is 0.465. The number of benzene rings is 2. The van der Waals surface area contributed by atoms with E-state index in [2.05, 4.69) is 9.71 Å². The van der Waals surface area contributed by atoms with E-state index in [1.165, 1.54) is 35.6 Å². The van der Waals surface area contributed by atoms with Gasteiger partial charge in [0.05, 0.1) is 25.7 Å². The number of sulfonamides is 1. The molecular weight excluding hydrogens is 443 g/mol. The number of rotatable bonds is 11. The van der Waals surface area contributed by atoms with E-state index >= 15 is 0 Å². The van der Waals surface area contributed by atoms with Gasteiger partial charge >= 0.3 is 0 Å². The summed E-state index contributed by atoms with van der Waals surface area (Å²) in [6.07, 6.45) is 0.460. The molecule has 1 heterocycles. The fourth-order valence-corrected chi connectivity index (χ4v) is 4.44. The first-order valence-corrected chi connectivity index (χ1v) is 12.0. The van der Waals surface area contributed by atoms with Gasteiger partial charge < -0.3 is 14.2 Å². The van der Waals surface area contributed by atoms with Crippen LogP contribution in [0.5, 0.6) is 17.2 Å². The van der Waals surface area contributed by atoms with Gasteiger partial charge in [0.1, 0.15) is 23.2 Å². The zero-order valence-corrected chi connectivity index (χ0v) is 18.8. The molecule has 3 aromatic rings. The lowest BCUT2D eigenvalue weighted by Crippen LogP contribution is -2.30. The van der Waals surface area contributed by atoms with E-state index in [9.17, 15) is 12.8 Å². The van der Waals surface area contributed by atoms with Crippen LogP contribution in [0.3, 0.4) is 0 Å². The highest BCUT2D eigenvalue weighted by molar-refractivity contribution is 7.89. The maximum Gasteiger partial charge on any atom is 0.214 e. The Kier molecular flexibility index (Phi) is 7.83. The highest BCUT2D eigenvalue weighted by atomic mass is 32.2. The van der Waals surface area contributed by atoms with E-state index in [1.54, 1.807) is 14.2 Å². The van der Waals surface area contributed by atoms with Gasteiger partial charge in [-0.3, -0.25) is 0 Å². The van der Waals surface area contributed by atoms with E-state index in [0.29, 0.717) is 23.7 Å². The molecule has 0 saturated heterocycles. The number of hydrogen-bond acceptors (Lipinski definition) is 7. The summed E-state index contributed by atoms with van der Waals surface area (Å²) in [5.74, 6) is 1.10. The largest absolute Gasteiger partial charge is 0.493 e. The first-order valence-electron chi connectivity index (χ1n) is 9.42. The lowest BCUT2D eigenvalue weighted by molar-refractivity contribution is 0.339. The van der Waals surface area contributed by atoms with Gasteiger partial charge in [-0.2, -0.15) is 0 Å². The molecule has 3 rings (SSSR count). The van der Waals surface area contributed by atoms with E-state index < -0.39 is 10.0 Å². The Hall–Kier alpha value is -2.69. The molecule has 166 valence electrons. The third-order valence-electron chi connectivity index (χ3n) is 4.32. The zero-order chi connectivity index (χ0) is 22.3. The van der Waals surface area contributed by atoms with Crippen molar-refractivity contribution in [2.75, 3.05) is 33.1 Å². The predicted octanol–water partition coefficient (Wildman–Crippen LogP) is 3.51. The van der Waals surface area contributed by atoms with Gasteiger partial charge in [-0.15, -0.1) is 11.3 Å². The smallest absolute Gasteiger partial charge is 0.214 e. The van der Waals surface area contributed by atoms with Crippen molar-refractivity contribution in [1.29, 1.82) is 0 Å². The number of aromatic nitrogens is 1. The first-order chi connectivity index (χ1) is 14.9.